The summed E-state index contributed by atoms with van der Waals surface area (Å²) in [6.45, 7) is 0.101. The standard InChI is InChI=1S/C21H13BrFNO3S/c22-15-3-1-2-14(10-15)18-9-8-17(27-18)11-19-20(25)24(21(26)28-19)12-13-4-6-16(23)7-5-13/h1-11H,12H2/b19-11-. The molecule has 0 bridgehead atoms. The molecule has 28 heavy (non-hydrogen) atoms. The molecule has 1 aromatic heterocycles. The average Bonchev–Trinajstić information content (AvgIpc) is 3.24. The molecule has 7 heteroatoms. The molecule has 1 saturated heterocycles. The topological polar surface area (TPSA) is 50.5 Å². The number of carbonyl (C=O) groups excluding carboxylic acids is 2. The van der Waals surface area contributed by atoms with Crippen molar-refractivity contribution >= 4 is 44.9 Å². The lowest BCUT2D eigenvalue weighted by Gasteiger charge is -2.12. The van der Waals surface area contributed by atoms with Gasteiger partial charge in [-0.3, -0.25) is 14.5 Å². The number of nitrogens with zero attached hydrogens (tertiary/aromatic N) is 1. The minimum atomic E-state index is -0.389. The molecule has 0 atom stereocenters. The van der Waals surface area contributed by atoms with Gasteiger partial charge in [0, 0.05) is 16.1 Å². The van der Waals surface area contributed by atoms with Crippen molar-refractivity contribution in [3.8, 4) is 11.3 Å². The van der Waals surface area contributed by atoms with E-state index in [4.69, 9.17) is 4.42 Å². The van der Waals surface area contributed by atoms with Gasteiger partial charge in [0.25, 0.3) is 11.1 Å². The smallest absolute Gasteiger partial charge is 0.293 e. The van der Waals surface area contributed by atoms with Crippen molar-refractivity contribution in [1.82, 2.24) is 4.90 Å². The highest BCUT2D eigenvalue weighted by molar-refractivity contribution is 9.10. The molecule has 0 saturated carbocycles. The van der Waals surface area contributed by atoms with Gasteiger partial charge in [0.2, 0.25) is 0 Å². The predicted molar refractivity (Wildman–Crippen MR) is 110 cm³/mol. The number of furan rings is 1. The quantitative estimate of drug-likeness (QED) is 0.445. The molecular formula is C21H13BrFNO3S. The van der Waals surface area contributed by atoms with Crippen molar-refractivity contribution in [2.75, 3.05) is 0 Å². The Morgan fingerprint density at radius 3 is 2.61 bits per heavy atom. The van der Waals surface area contributed by atoms with Gasteiger partial charge in [-0.05, 0) is 53.7 Å². The molecule has 2 amide bonds. The molecule has 140 valence electrons. The van der Waals surface area contributed by atoms with Crippen molar-refractivity contribution in [3.63, 3.8) is 0 Å². The summed E-state index contributed by atoms with van der Waals surface area (Å²) in [6.07, 6.45) is 1.57. The lowest BCUT2D eigenvalue weighted by Crippen LogP contribution is -2.27. The summed E-state index contributed by atoms with van der Waals surface area (Å²) >= 11 is 4.29. The Labute approximate surface area is 173 Å². The number of rotatable bonds is 4. The fourth-order valence-electron chi connectivity index (χ4n) is 2.77. The average molecular weight is 458 g/mol. The number of hydrogen-bond donors (Lipinski definition) is 0. The Morgan fingerprint density at radius 2 is 1.86 bits per heavy atom. The van der Waals surface area contributed by atoms with Crippen LogP contribution in [0.15, 0.2) is 74.5 Å². The van der Waals surface area contributed by atoms with Crippen molar-refractivity contribution in [2.45, 2.75) is 6.54 Å². The number of benzene rings is 2. The first kappa shape index (κ1) is 18.7. The zero-order valence-corrected chi connectivity index (χ0v) is 16.8. The highest BCUT2D eigenvalue weighted by Gasteiger charge is 2.35. The molecular weight excluding hydrogens is 445 g/mol. The summed E-state index contributed by atoms with van der Waals surface area (Å²) in [6, 6.07) is 17.0. The summed E-state index contributed by atoms with van der Waals surface area (Å²) < 4.78 is 19.8. The maximum atomic E-state index is 13.0. The third-order valence-electron chi connectivity index (χ3n) is 4.14. The SMILES string of the molecule is O=C1S/C(=C\c2ccc(-c3cccc(Br)c3)o2)C(=O)N1Cc1ccc(F)cc1. The molecule has 3 aromatic rings. The second-order valence-electron chi connectivity index (χ2n) is 6.11. The molecule has 4 rings (SSSR count). The Balaban J connectivity index is 1.53. The second-order valence-corrected chi connectivity index (χ2v) is 8.02. The summed E-state index contributed by atoms with van der Waals surface area (Å²) in [7, 11) is 0. The minimum absolute atomic E-state index is 0.101. The van der Waals surface area contributed by atoms with Crippen molar-refractivity contribution in [1.29, 1.82) is 0 Å². The molecule has 0 N–H and O–H groups in total. The molecule has 0 aliphatic carbocycles. The van der Waals surface area contributed by atoms with E-state index in [-0.39, 0.29) is 23.5 Å². The maximum absolute atomic E-state index is 13.0. The number of imide groups is 1. The normalized spacial score (nSPS) is 15.6. The molecule has 2 aromatic carbocycles. The molecule has 2 heterocycles. The van der Waals surface area contributed by atoms with E-state index in [2.05, 4.69) is 15.9 Å². The van der Waals surface area contributed by atoms with Crippen LogP contribution in [0.5, 0.6) is 0 Å². The number of thioether (sulfide) groups is 1. The fourth-order valence-corrected chi connectivity index (χ4v) is 3.98. The third kappa shape index (κ3) is 3.95. The van der Waals surface area contributed by atoms with E-state index in [1.807, 2.05) is 30.3 Å². The first-order valence-corrected chi connectivity index (χ1v) is 9.96. The molecule has 0 radical (unpaired) electrons. The zero-order valence-electron chi connectivity index (χ0n) is 14.4. The van der Waals surface area contributed by atoms with Gasteiger partial charge < -0.3 is 4.42 Å². The Morgan fingerprint density at radius 1 is 1.07 bits per heavy atom. The maximum Gasteiger partial charge on any atom is 0.293 e. The summed E-state index contributed by atoms with van der Waals surface area (Å²) in [5, 5.41) is -0.362. The first-order chi connectivity index (χ1) is 13.5. The van der Waals surface area contributed by atoms with Crippen LogP contribution in [0.4, 0.5) is 9.18 Å². The van der Waals surface area contributed by atoms with E-state index in [0.29, 0.717) is 22.0 Å². The van der Waals surface area contributed by atoms with Crippen LogP contribution in [-0.4, -0.2) is 16.0 Å². The number of carbonyl (C=O) groups is 2. The van der Waals surface area contributed by atoms with Gasteiger partial charge in [-0.15, -0.1) is 0 Å². The van der Waals surface area contributed by atoms with E-state index in [1.54, 1.807) is 24.3 Å². The molecule has 0 spiro atoms. The van der Waals surface area contributed by atoms with Gasteiger partial charge in [-0.25, -0.2) is 4.39 Å². The van der Waals surface area contributed by atoms with Gasteiger partial charge in [0.15, 0.2) is 0 Å². The Hall–Kier alpha value is -2.64. The van der Waals surface area contributed by atoms with Crippen molar-refractivity contribution in [2.24, 2.45) is 0 Å². The van der Waals surface area contributed by atoms with Crippen LogP contribution in [0.3, 0.4) is 0 Å². The summed E-state index contributed by atoms with van der Waals surface area (Å²) in [5.41, 5.74) is 1.58. The highest BCUT2D eigenvalue weighted by atomic mass is 79.9. The van der Waals surface area contributed by atoms with Crippen LogP contribution in [0, 0.1) is 5.82 Å². The van der Waals surface area contributed by atoms with E-state index in [9.17, 15) is 14.0 Å². The van der Waals surface area contributed by atoms with Crippen LogP contribution in [0.1, 0.15) is 11.3 Å². The monoisotopic (exact) mass is 457 g/mol. The predicted octanol–water partition coefficient (Wildman–Crippen LogP) is 6.08. The molecule has 1 fully saturated rings. The van der Waals surface area contributed by atoms with Crippen molar-refractivity contribution in [3.05, 3.63) is 87.2 Å². The molecule has 4 nitrogen and oxygen atoms in total. The van der Waals surface area contributed by atoms with Gasteiger partial charge in [0.1, 0.15) is 17.3 Å². The summed E-state index contributed by atoms with van der Waals surface area (Å²) in [5.74, 6) is 0.400. The van der Waals surface area contributed by atoms with Crippen LogP contribution in [-0.2, 0) is 11.3 Å². The fraction of sp³-hybridized carbons (Fsp3) is 0.0476. The Kier molecular flexibility index (Phi) is 5.19. The molecule has 1 aliphatic heterocycles. The zero-order chi connectivity index (χ0) is 19.7. The second kappa shape index (κ2) is 7.77. The number of halogens is 2. The highest BCUT2D eigenvalue weighted by Crippen LogP contribution is 2.34. The Bertz CT molecular complexity index is 1090. The largest absolute Gasteiger partial charge is 0.457 e. The number of amides is 2. The lowest BCUT2D eigenvalue weighted by atomic mass is 10.2. The van der Waals surface area contributed by atoms with Crippen LogP contribution in [0.2, 0.25) is 0 Å². The van der Waals surface area contributed by atoms with E-state index in [0.717, 1.165) is 26.7 Å². The minimum Gasteiger partial charge on any atom is -0.457 e. The van der Waals surface area contributed by atoms with Crippen LogP contribution < -0.4 is 0 Å². The van der Waals surface area contributed by atoms with Gasteiger partial charge in [0.05, 0.1) is 11.4 Å². The van der Waals surface area contributed by atoms with E-state index in [1.165, 1.54) is 12.1 Å². The summed E-state index contributed by atoms with van der Waals surface area (Å²) in [4.78, 5) is 26.3. The van der Waals surface area contributed by atoms with Gasteiger partial charge in [-0.1, -0.05) is 40.2 Å². The van der Waals surface area contributed by atoms with E-state index >= 15 is 0 Å². The van der Waals surface area contributed by atoms with Crippen LogP contribution in [0.25, 0.3) is 17.4 Å². The lowest BCUT2D eigenvalue weighted by molar-refractivity contribution is -0.123. The van der Waals surface area contributed by atoms with Crippen LogP contribution >= 0.6 is 27.7 Å². The van der Waals surface area contributed by atoms with E-state index < -0.39 is 0 Å². The van der Waals surface area contributed by atoms with Gasteiger partial charge >= 0.3 is 0 Å². The molecule has 0 unspecified atom stereocenters. The van der Waals surface area contributed by atoms with Gasteiger partial charge in [-0.2, -0.15) is 0 Å². The first-order valence-electron chi connectivity index (χ1n) is 8.35. The number of hydrogen-bond acceptors (Lipinski definition) is 4. The third-order valence-corrected chi connectivity index (χ3v) is 5.54. The molecule has 1 aliphatic rings. The van der Waals surface area contributed by atoms with Crippen molar-refractivity contribution < 1.29 is 18.4 Å².